The van der Waals surface area contributed by atoms with Crippen LogP contribution < -0.4 is 0 Å². The molecule has 1 aromatic heterocycles. The monoisotopic (exact) mass is 536 g/mol. The molecule has 4 nitrogen and oxygen atoms in total. The van der Waals surface area contributed by atoms with E-state index in [0.717, 1.165) is 49.7 Å². The smallest absolute Gasteiger partial charge is 0.164 e. The molecule has 0 saturated heterocycles. The summed E-state index contributed by atoms with van der Waals surface area (Å²) in [7, 11) is 0. The Hall–Kier alpha value is -5.92. The van der Waals surface area contributed by atoms with Crippen molar-refractivity contribution in [2.24, 2.45) is 0 Å². The van der Waals surface area contributed by atoms with Crippen LogP contribution in [-0.4, -0.2) is 15.0 Å². The zero-order valence-electron chi connectivity index (χ0n) is 22.6. The molecule has 4 heteroatoms. The largest absolute Gasteiger partial charge is 0.208 e. The molecule has 0 spiro atoms. The van der Waals surface area contributed by atoms with Crippen LogP contribution in [0.25, 0.3) is 67.2 Å². The summed E-state index contributed by atoms with van der Waals surface area (Å²) in [4.78, 5) is 14.6. The van der Waals surface area contributed by atoms with Crippen LogP contribution in [0.1, 0.15) is 5.56 Å². The summed E-state index contributed by atoms with van der Waals surface area (Å²) in [6, 6.07) is 51.3. The van der Waals surface area contributed by atoms with Crippen molar-refractivity contribution in [3.63, 3.8) is 0 Å². The fourth-order valence-corrected chi connectivity index (χ4v) is 5.12. The normalized spacial score (nSPS) is 10.8. The van der Waals surface area contributed by atoms with E-state index in [9.17, 15) is 0 Å². The predicted molar refractivity (Wildman–Crippen MR) is 169 cm³/mol. The molecule has 0 unspecified atom stereocenters. The Kier molecular flexibility index (Phi) is 6.52. The molecule has 0 aliphatic carbocycles. The van der Waals surface area contributed by atoms with E-state index in [4.69, 9.17) is 20.2 Å². The predicted octanol–water partition coefficient (Wildman–Crippen LogP) is 9.23. The maximum Gasteiger partial charge on any atom is 0.164 e. The van der Waals surface area contributed by atoms with Gasteiger partial charge in [0, 0.05) is 16.7 Å². The van der Waals surface area contributed by atoms with Crippen LogP contribution in [0.15, 0.2) is 146 Å². The SMILES string of the molecule is N#Cc1ccc(-c2cccc(-c3ccc4ccc(-c5nc(-c6ccccc6)nc(-c6ccccc6)n5)cc4c3)c2)cc1. The van der Waals surface area contributed by atoms with Gasteiger partial charge < -0.3 is 0 Å². The van der Waals surface area contributed by atoms with Crippen LogP contribution in [0, 0.1) is 11.3 Å². The molecule has 1 heterocycles. The van der Waals surface area contributed by atoms with Gasteiger partial charge in [-0.25, -0.2) is 15.0 Å². The highest BCUT2D eigenvalue weighted by atomic mass is 15.0. The third-order valence-electron chi connectivity index (χ3n) is 7.34. The van der Waals surface area contributed by atoms with E-state index in [0.29, 0.717) is 23.0 Å². The van der Waals surface area contributed by atoms with Crippen molar-refractivity contribution in [2.45, 2.75) is 0 Å². The van der Waals surface area contributed by atoms with Crippen LogP contribution in [0.3, 0.4) is 0 Å². The number of benzene rings is 6. The molecule has 0 amide bonds. The summed E-state index contributed by atoms with van der Waals surface area (Å²) in [5.74, 6) is 1.93. The summed E-state index contributed by atoms with van der Waals surface area (Å²) in [5.41, 5.74) is 7.93. The molecule has 0 fully saturated rings. The lowest BCUT2D eigenvalue weighted by Crippen LogP contribution is -2.00. The minimum absolute atomic E-state index is 0.637. The van der Waals surface area contributed by atoms with Gasteiger partial charge in [0.2, 0.25) is 0 Å². The number of aromatic nitrogens is 3. The first kappa shape index (κ1) is 25.1. The number of hydrogen-bond donors (Lipinski definition) is 0. The second-order valence-electron chi connectivity index (χ2n) is 10.1. The lowest BCUT2D eigenvalue weighted by Gasteiger charge is -2.10. The van der Waals surface area contributed by atoms with Crippen LogP contribution in [0.2, 0.25) is 0 Å². The molecular formula is C38H24N4. The van der Waals surface area contributed by atoms with Crippen LogP contribution >= 0.6 is 0 Å². The fourth-order valence-electron chi connectivity index (χ4n) is 5.12. The van der Waals surface area contributed by atoms with Crippen molar-refractivity contribution in [3.8, 4) is 62.5 Å². The van der Waals surface area contributed by atoms with Gasteiger partial charge in [-0.3, -0.25) is 0 Å². The van der Waals surface area contributed by atoms with E-state index in [1.807, 2.05) is 84.9 Å². The molecule has 0 atom stereocenters. The van der Waals surface area contributed by atoms with Gasteiger partial charge in [-0.1, -0.05) is 115 Å². The highest BCUT2D eigenvalue weighted by Gasteiger charge is 2.13. The first-order chi connectivity index (χ1) is 20.7. The number of fused-ring (bicyclic) bond motifs is 1. The Morgan fingerprint density at radius 3 is 1.40 bits per heavy atom. The highest BCUT2D eigenvalue weighted by molar-refractivity contribution is 5.91. The van der Waals surface area contributed by atoms with Gasteiger partial charge in [0.05, 0.1) is 11.6 Å². The van der Waals surface area contributed by atoms with Crippen molar-refractivity contribution in [3.05, 3.63) is 151 Å². The molecular weight excluding hydrogens is 512 g/mol. The van der Waals surface area contributed by atoms with Crippen LogP contribution in [0.4, 0.5) is 0 Å². The first-order valence-electron chi connectivity index (χ1n) is 13.8. The Balaban J connectivity index is 1.30. The van der Waals surface area contributed by atoms with Gasteiger partial charge >= 0.3 is 0 Å². The molecule has 6 aromatic carbocycles. The van der Waals surface area contributed by atoms with E-state index in [1.165, 1.54) is 0 Å². The molecule has 0 bridgehead atoms. The standard InChI is InChI=1S/C38H24N4/c39-25-26-14-16-27(17-15-26)31-12-7-13-32(22-31)33-20-18-28-19-21-34(24-35(28)23-33)38-41-36(29-8-3-1-4-9-29)40-37(42-38)30-10-5-2-6-11-30/h1-24H. The Labute approximate surface area is 244 Å². The summed E-state index contributed by atoms with van der Waals surface area (Å²) >= 11 is 0. The van der Waals surface area contributed by atoms with E-state index in [2.05, 4.69) is 66.7 Å². The summed E-state index contributed by atoms with van der Waals surface area (Å²) in [6.07, 6.45) is 0. The number of nitrogens with zero attached hydrogens (tertiary/aromatic N) is 4. The average Bonchev–Trinajstić information content (AvgIpc) is 3.08. The Bertz CT molecular complexity index is 2020. The van der Waals surface area contributed by atoms with Gasteiger partial charge in [0.15, 0.2) is 17.5 Å². The Morgan fingerprint density at radius 1 is 0.357 bits per heavy atom. The average molecular weight is 537 g/mol. The van der Waals surface area contributed by atoms with Gasteiger partial charge in [-0.2, -0.15) is 5.26 Å². The molecule has 0 aliphatic rings. The van der Waals surface area contributed by atoms with Gasteiger partial charge in [0.1, 0.15) is 0 Å². The zero-order chi connectivity index (χ0) is 28.3. The first-order valence-corrected chi connectivity index (χ1v) is 13.8. The number of nitriles is 1. The summed E-state index contributed by atoms with van der Waals surface area (Å²) in [6.45, 7) is 0. The zero-order valence-corrected chi connectivity index (χ0v) is 22.6. The molecule has 196 valence electrons. The van der Waals surface area contributed by atoms with E-state index in [1.54, 1.807) is 0 Å². The van der Waals surface area contributed by atoms with E-state index < -0.39 is 0 Å². The fraction of sp³-hybridized carbons (Fsp3) is 0. The minimum atomic E-state index is 0.637. The topological polar surface area (TPSA) is 62.5 Å². The second kappa shape index (κ2) is 10.9. The lowest BCUT2D eigenvalue weighted by molar-refractivity contribution is 1.07. The molecule has 0 radical (unpaired) electrons. The Morgan fingerprint density at radius 2 is 0.810 bits per heavy atom. The molecule has 7 aromatic rings. The van der Waals surface area contributed by atoms with E-state index >= 15 is 0 Å². The molecule has 42 heavy (non-hydrogen) atoms. The second-order valence-corrected chi connectivity index (χ2v) is 10.1. The van der Waals surface area contributed by atoms with Gasteiger partial charge in [0.25, 0.3) is 0 Å². The number of rotatable bonds is 5. The maximum absolute atomic E-state index is 9.14. The van der Waals surface area contributed by atoms with Crippen molar-refractivity contribution in [1.29, 1.82) is 5.26 Å². The lowest BCUT2D eigenvalue weighted by atomic mass is 9.96. The van der Waals surface area contributed by atoms with Crippen molar-refractivity contribution in [2.75, 3.05) is 0 Å². The van der Waals surface area contributed by atoms with Gasteiger partial charge in [-0.15, -0.1) is 0 Å². The van der Waals surface area contributed by atoms with Crippen molar-refractivity contribution >= 4 is 10.8 Å². The molecule has 0 saturated carbocycles. The third-order valence-corrected chi connectivity index (χ3v) is 7.34. The molecule has 0 aliphatic heterocycles. The molecule has 0 N–H and O–H groups in total. The minimum Gasteiger partial charge on any atom is -0.208 e. The van der Waals surface area contributed by atoms with Crippen LogP contribution in [0.5, 0.6) is 0 Å². The molecule has 7 rings (SSSR count). The summed E-state index contributed by atoms with van der Waals surface area (Å²) < 4.78 is 0. The summed E-state index contributed by atoms with van der Waals surface area (Å²) in [5, 5.41) is 11.4. The van der Waals surface area contributed by atoms with E-state index in [-0.39, 0.29) is 0 Å². The highest BCUT2D eigenvalue weighted by Crippen LogP contribution is 2.31. The van der Waals surface area contributed by atoms with Crippen LogP contribution in [-0.2, 0) is 0 Å². The van der Waals surface area contributed by atoms with Crippen molar-refractivity contribution < 1.29 is 0 Å². The van der Waals surface area contributed by atoms with Gasteiger partial charge in [-0.05, 0) is 63.4 Å². The quantitative estimate of drug-likeness (QED) is 0.220. The maximum atomic E-state index is 9.14. The third kappa shape index (κ3) is 5.03. The van der Waals surface area contributed by atoms with Crippen molar-refractivity contribution in [1.82, 2.24) is 15.0 Å². The number of hydrogen-bond acceptors (Lipinski definition) is 4.